The van der Waals surface area contributed by atoms with Gasteiger partial charge in [-0.2, -0.15) is 5.10 Å². The molecule has 1 aromatic heterocycles. The quantitative estimate of drug-likeness (QED) is 0.719. The van der Waals surface area contributed by atoms with E-state index < -0.39 is 0 Å². The first-order valence-electron chi connectivity index (χ1n) is 8.71. The second-order valence-corrected chi connectivity index (χ2v) is 6.73. The van der Waals surface area contributed by atoms with Gasteiger partial charge in [0.15, 0.2) is 5.69 Å². The predicted octanol–water partition coefficient (Wildman–Crippen LogP) is 2.88. The standard InChI is InChI=1S/C21H18N4O/c26-20(25-14-22-25)19-17-11-12-21(13-18(17)23-24-19,15-7-3-1-4-8-15)16-9-5-2-6-10-16/h1-12,22H,13-14H2,(H,23,24). The van der Waals surface area contributed by atoms with E-state index in [0.29, 0.717) is 12.4 Å². The number of amides is 1. The van der Waals surface area contributed by atoms with Gasteiger partial charge in [0.2, 0.25) is 0 Å². The number of allylic oxidation sites excluding steroid dienone is 1. The van der Waals surface area contributed by atoms with E-state index in [-0.39, 0.29) is 11.3 Å². The Bertz CT molecular complexity index is 948. The lowest BCUT2D eigenvalue weighted by Gasteiger charge is -2.34. The van der Waals surface area contributed by atoms with Crippen molar-refractivity contribution in [2.75, 3.05) is 6.67 Å². The number of aromatic nitrogens is 2. The van der Waals surface area contributed by atoms with E-state index in [9.17, 15) is 4.79 Å². The van der Waals surface area contributed by atoms with Crippen molar-refractivity contribution in [3.05, 3.63) is 94.8 Å². The lowest BCUT2D eigenvalue weighted by molar-refractivity contribution is 0.0866. The van der Waals surface area contributed by atoms with Crippen molar-refractivity contribution in [2.24, 2.45) is 0 Å². The van der Waals surface area contributed by atoms with Gasteiger partial charge < -0.3 is 0 Å². The maximum absolute atomic E-state index is 12.4. The minimum absolute atomic E-state index is 0.0842. The molecule has 0 radical (unpaired) electrons. The van der Waals surface area contributed by atoms with E-state index in [2.05, 4.69) is 70.2 Å². The SMILES string of the molecule is O=C(c1n[nH]c2c1C=CC(c1ccccc1)(c1ccccc1)C2)N1CN1. The smallest absolute Gasteiger partial charge is 0.281 e. The zero-order valence-electron chi connectivity index (χ0n) is 14.1. The van der Waals surface area contributed by atoms with Gasteiger partial charge in [-0.05, 0) is 11.1 Å². The van der Waals surface area contributed by atoms with Crippen LogP contribution in [0.5, 0.6) is 0 Å². The summed E-state index contributed by atoms with van der Waals surface area (Å²) in [5.74, 6) is -0.0842. The van der Waals surface area contributed by atoms with Gasteiger partial charge in [0.25, 0.3) is 5.91 Å². The van der Waals surface area contributed by atoms with Crippen LogP contribution >= 0.6 is 0 Å². The van der Waals surface area contributed by atoms with Crippen LogP contribution < -0.4 is 5.43 Å². The van der Waals surface area contributed by atoms with E-state index in [1.807, 2.05) is 18.2 Å². The number of hydrogen-bond donors (Lipinski definition) is 2. The molecule has 0 atom stereocenters. The number of fused-ring (bicyclic) bond motifs is 1. The number of H-pyrrole nitrogens is 1. The Labute approximate surface area is 151 Å². The van der Waals surface area contributed by atoms with Gasteiger partial charge in [-0.3, -0.25) is 14.9 Å². The third-order valence-corrected chi connectivity index (χ3v) is 5.21. The van der Waals surface area contributed by atoms with Gasteiger partial charge >= 0.3 is 0 Å². The molecule has 1 amide bonds. The van der Waals surface area contributed by atoms with Gasteiger partial charge in [0.05, 0.1) is 0 Å². The maximum Gasteiger partial charge on any atom is 0.290 e. The zero-order valence-corrected chi connectivity index (χ0v) is 14.1. The van der Waals surface area contributed by atoms with Crippen LogP contribution in [0.3, 0.4) is 0 Å². The van der Waals surface area contributed by atoms with Crippen LogP contribution in [0.25, 0.3) is 6.08 Å². The summed E-state index contributed by atoms with van der Waals surface area (Å²) in [5.41, 5.74) is 7.44. The second kappa shape index (κ2) is 5.68. The minimum atomic E-state index is -0.277. The summed E-state index contributed by atoms with van der Waals surface area (Å²) in [6.45, 7) is 0.585. The van der Waals surface area contributed by atoms with Crippen LogP contribution in [0.15, 0.2) is 66.7 Å². The molecule has 0 saturated carbocycles. The van der Waals surface area contributed by atoms with Crippen LogP contribution in [0.1, 0.15) is 32.9 Å². The van der Waals surface area contributed by atoms with E-state index in [1.54, 1.807) is 5.01 Å². The van der Waals surface area contributed by atoms with Crippen molar-refractivity contribution >= 4 is 12.0 Å². The molecule has 1 saturated heterocycles. The lowest BCUT2D eigenvalue weighted by Crippen LogP contribution is -2.30. The van der Waals surface area contributed by atoms with Gasteiger partial charge in [-0.25, -0.2) is 5.43 Å². The molecule has 1 fully saturated rings. The van der Waals surface area contributed by atoms with E-state index in [0.717, 1.165) is 17.7 Å². The Hall–Kier alpha value is -3.18. The Morgan fingerprint density at radius 1 is 1.00 bits per heavy atom. The molecule has 3 aromatic rings. The lowest BCUT2D eigenvalue weighted by atomic mass is 9.68. The highest BCUT2D eigenvalue weighted by molar-refractivity contribution is 5.97. The first-order valence-corrected chi connectivity index (χ1v) is 8.71. The molecule has 2 aliphatic rings. The van der Waals surface area contributed by atoms with E-state index in [1.165, 1.54) is 11.1 Å². The van der Waals surface area contributed by atoms with Crippen molar-refractivity contribution in [3.8, 4) is 0 Å². The number of nitrogens with zero attached hydrogens (tertiary/aromatic N) is 2. The minimum Gasteiger partial charge on any atom is -0.281 e. The van der Waals surface area contributed by atoms with Crippen LogP contribution in [0, 0.1) is 0 Å². The largest absolute Gasteiger partial charge is 0.290 e. The fraction of sp³-hybridized carbons (Fsp3) is 0.143. The molecule has 1 aliphatic heterocycles. The molecule has 2 N–H and O–H groups in total. The zero-order chi connectivity index (χ0) is 17.6. The van der Waals surface area contributed by atoms with Crippen LogP contribution in [-0.2, 0) is 11.8 Å². The van der Waals surface area contributed by atoms with E-state index in [4.69, 9.17) is 0 Å². The molecule has 1 aliphatic carbocycles. The highest BCUT2D eigenvalue weighted by Gasteiger charge is 2.38. The highest BCUT2D eigenvalue weighted by atomic mass is 16.2. The molecule has 26 heavy (non-hydrogen) atoms. The van der Waals surface area contributed by atoms with Gasteiger partial charge in [0.1, 0.15) is 6.67 Å². The summed E-state index contributed by atoms with van der Waals surface area (Å²) in [7, 11) is 0. The molecule has 5 rings (SSSR count). The number of benzene rings is 2. The maximum atomic E-state index is 12.4. The third kappa shape index (κ3) is 2.29. The second-order valence-electron chi connectivity index (χ2n) is 6.73. The van der Waals surface area contributed by atoms with Crippen molar-refractivity contribution < 1.29 is 4.79 Å². The fourth-order valence-corrected chi connectivity index (χ4v) is 3.77. The first-order chi connectivity index (χ1) is 12.8. The van der Waals surface area contributed by atoms with Crippen molar-refractivity contribution in [2.45, 2.75) is 11.8 Å². The number of hydrogen-bond acceptors (Lipinski definition) is 3. The van der Waals surface area contributed by atoms with Crippen LogP contribution in [0.2, 0.25) is 0 Å². The number of rotatable bonds is 3. The van der Waals surface area contributed by atoms with Gasteiger partial charge in [0, 0.05) is 23.1 Å². The molecule has 5 nitrogen and oxygen atoms in total. The molecule has 0 bridgehead atoms. The molecule has 2 heterocycles. The summed E-state index contributed by atoms with van der Waals surface area (Å²) < 4.78 is 0. The van der Waals surface area contributed by atoms with Crippen molar-refractivity contribution in [1.82, 2.24) is 20.6 Å². The summed E-state index contributed by atoms with van der Waals surface area (Å²) >= 11 is 0. The molecule has 2 aromatic carbocycles. The first kappa shape index (κ1) is 15.1. The summed E-state index contributed by atoms with van der Waals surface area (Å²) in [6, 6.07) is 21.0. The summed E-state index contributed by atoms with van der Waals surface area (Å²) in [5, 5.41) is 8.97. The third-order valence-electron chi connectivity index (χ3n) is 5.21. The Morgan fingerprint density at radius 3 is 2.19 bits per heavy atom. The molecule has 5 heteroatoms. The Morgan fingerprint density at radius 2 is 1.62 bits per heavy atom. The van der Waals surface area contributed by atoms with Crippen LogP contribution in [-0.4, -0.2) is 27.8 Å². The number of carbonyl (C=O) groups is 1. The number of hydrazine groups is 1. The number of nitrogens with one attached hydrogen (secondary N) is 2. The number of aromatic amines is 1. The summed E-state index contributed by atoms with van der Waals surface area (Å²) in [4.78, 5) is 12.4. The molecule has 128 valence electrons. The van der Waals surface area contributed by atoms with Crippen LogP contribution in [0.4, 0.5) is 0 Å². The van der Waals surface area contributed by atoms with Gasteiger partial charge in [-0.1, -0.05) is 72.8 Å². The van der Waals surface area contributed by atoms with Crippen molar-refractivity contribution in [1.29, 1.82) is 0 Å². The molecular weight excluding hydrogens is 324 g/mol. The topological polar surface area (TPSA) is 70.7 Å². The monoisotopic (exact) mass is 342 g/mol. The molecule has 0 spiro atoms. The normalized spacial score (nSPS) is 17.0. The average molecular weight is 342 g/mol. The average Bonchev–Trinajstić information content (AvgIpc) is 3.48. The fourth-order valence-electron chi connectivity index (χ4n) is 3.77. The predicted molar refractivity (Wildman–Crippen MR) is 99.2 cm³/mol. The Balaban J connectivity index is 1.63. The van der Waals surface area contributed by atoms with E-state index >= 15 is 0 Å². The highest BCUT2D eigenvalue weighted by Crippen LogP contribution is 2.41. The van der Waals surface area contributed by atoms with Gasteiger partial charge in [-0.15, -0.1) is 0 Å². The summed E-state index contributed by atoms with van der Waals surface area (Å²) in [6.07, 6.45) is 4.99. The molecule has 0 unspecified atom stereocenters. The van der Waals surface area contributed by atoms with Crippen molar-refractivity contribution in [3.63, 3.8) is 0 Å². The molecular formula is C21H18N4O. The Kier molecular flexibility index (Phi) is 3.30. The number of carbonyl (C=O) groups excluding carboxylic acids is 1.